The van der Waals surface area contributed by atoms with Gasteiger partial charge in [0.2, 0.25) is 5.88 Å². The van der Waals surface area contributed by atoms with Gasteiger partial charge in [0.1, 0.15) is 12.4 Å². The fourth-order valence-corrected chi connectivity index (χ4v) is 4.60. The highest BCUT2D eigenvalue weighted by Gasteiger charge is 2.21. The molecule has 0 radical (unpaired) electrons. The Labute approximate surface area is 177 Å². The first kappa shape index (κ1) is 19.3. The van der Waals surface area contributed by atoms with Crippen LogP contribution in [-0.2, 0) is 13.5 Å². The van der Waals surface area contributed by atoms with Crippen LogP contribution in [0.4, 0.5) is 5.69 Å². The van der Waals surface area contributed by atoms with E-state index in [1.54, 1.807) is 6.33 Å². The predicted octanol–water partition coefficient (Wildman–Crippen LogP) is 3.05. The molecule has 0 spiro atoms. The third-order valence-electron chi connectivity index (χ3n) is 6.50. The second-order valence-corrected chi connectivity index (χ2v) is 8.48. The monoisotopic (exact) mass is 406 g/mol. The Balaban J connectivity index is 1.24. The molecule has 2 fully saturated rings. The number of anilines is 1. The van der Waals surface area contributed by atoms with Gasteiger partial charge in [-0.05, 0) is 43.9 Å². The summed E-state index contributed by atoms with van der Waals surface area (Å²) < 4.78 is 8.35. The van der Waals surface area contributed by atoms with Gasteiger partial charge in [-0.3, -0.25) is 4.90 Å². The van der Waals surface area contributed by atoms with E-state index in [2.05, 4.69) is 54.6 Å². The van der Waals surface area contributed by atoms with Crippen LogP contribution in [0, 0.1) is 0 Å². The van der Waals surface area contributed by atoms with Crippen LogP contribution in [0.1, 0.15) is 31.4 Å². The van der Waals surface area contributed by atoms with Crippen molar-refractivity contribution < 1.29 is 4.74 Å². The molecular weight excluding hydrogens is 376 g/mol. The van der Waals surface area contributed by atoms with E-state index in [4.69, 9.17) is 4.74 Å². The van der Waals surface area contributed by atoms with Crippen molar-refractivity contribution in [2.75, 3.05) is 37.6 Å². The third-order valence-corrected chi connectivity index (χ3v) is 6.50. The van der Waals surface area contributed by atoms with Crippen molar-refractivity contribution >= 4 is 16.6 Å². The molecule has 2 aromatic heterocycles. The average molecular weight is 407 g/mol. The number of aromatic nitrogens is 4. The van der Waals surface area contributed by atoms with Crippen LogP contribution in [0.5, 0.6) is 5.88 Å². The zero-order valence-corrected chi connectivity index (χ0v) is 17.7. The number of benzene rings is 1. The number of imidazole rings is 1. The van der Waals surface area contributed by atoms with Crippen LogP contribution < -0.4 is 9.64 Å². The van der Waals surface area contributed by atoms with Gasteiger partial charge in [-0.15, -0.1) is 0 Å². The summed E-state index contributed by atoms with van der Waals surface area (Å²) >= 11 is 0. The molecule has 158 valence electrons. The Bertz CT molecular complexity index is 988. The Morgan fingerprint density at radius 3 is 2.67 bits per heavy atom. The second-order valence-electron chi connectivity index (χ2n) is 8.48. The van der Waals surface area contributed by atoms with Gasteiger partial charge in [-0.1, -0.05) is 0 Å². The molecule has 3 aromatic rings. The van der Waals surface area contributed by atoms with Gasteiger partial charge in [0.15, 0.2) is 0 Å². The molecule has 1 aromatic carbocycles. The zero-order valence-electron chi connectivity index (χ0n) is 17.7. The van der Waals surface area contributed by atoms with Crippen LogP contribution >= 0.6 is 0 Å². The lowest BCUT2D eigenvalue weighted by Gasteiger charge is -2.36. The summed E-state index contributed by atoms with van der Waals surface area (Å²) in [6, 6.07) is 6.49. The number of aryl methyl sites for hydroxylation is 1. The summed E-state index contributed by atoms with van der Waals surface area (Å²) in [4.78, 5) is 18.1. The molecular formula is C23H30N6O. The fraction of sp³-hybridized carbons (Fsp3) is 0.522. The standard InChI is InChI=1S/C23H30N6O/c1-27-17-24-15-19(27)8-9-28-10-12-29(13-11-28)18-6-7-22-21(14-18)23(26-16-25-22)30-20-4-2-3-5-20/h6-7,14-17,20H,2-5,8-13H2,1H3. The van der Waals surface area contributed by atoms with Crippen molar-refractivity contribution in [3.63, 3.8) is 0 Å². The lowest BCUT2D eigenvalue weighted by atomic mass is 10.1. The maximum atomic E-state index is 6.24. The number of ether oxygens (including phenoxy) is 1. The highest BCUT2D eigenvalue weighted by molar-refractivity contribution is 5.86. The van der Waals surface area contributed by atoms with Gasteiger partial charge in [0.25, 0.3) is 0 Å². The molecule has 0 unspecified atom stereocenters. The van der Waals surface area contributed by atoms with Crippen molar-refractivity contribution in [3.8, 4) is 5.88 Å². The molecule has 0 atom stereocenters. The molecule has 0 amide bonds. The molecule has 7 nitrogen and oxygen atoms in total. The summed E-state index contributed by atoms with van der Waals surface area (Å²) in [5.41, 5.74) is 3.48. The molecule has 0 N–H and O–H groups in total. The van der Waals surface area contributed by atoms with Crippen molar-refractivity contribution in [1.82, 2.24) is 24.4 Å². The van der Waals surface area contributed by atoms with Gasteiger partial charge < -0.3 is 14.2 Å². The first-order valence-corrected chi connectivity index (χ1v) is 11.1. The predicted molar refractivity (Wildman–Crippen MR) is 118 cm³/mol. The third kappa shape index (κ3) is 4.12. The van der Waals surface area contributed by atoms with E-state index in [1.807, 2.05) is 12.5 Å². The van der Waals surface area contributed by atoms with E-state index in [9.17, 15) is 0 Å². The summed E-state index contributed by atoms with van der Waals surface area (Å²) in [5, 5.41) is 1.03. The molecule has 0 bridgehead atoms. The van der Waals surface area contributed by atoms with E-state index in [0.29, 0.717) is 6.10 Å². The number of hydrogen-bond donors (Lipinski definition) is 0. The Morgan fingerprint density at radius 2 is 1.90 bits per heavy atom. The molecule has 1 aliphatic heterocycles. The Kier molecular flexibility index (Phi) is 5.53. The molecule has 1 aliphatic carbocycles. The molecule has 1 saturated heterocycles. The van der Waals surface area contributed by atoms with Crippen molar-refractivity contribution in [1.29, 1.82) is 0 Å². The lowest BCUT2D eigenvalue weighted by molar-refractivity contribution is 0.204. The van der Waals surface area contributed by atoms with Crippen LogP contribution in [0.15, 0.2) is 37.1 Å². The Morgan fingerprint density at radius 1 is 1.07 bits per heavy atom. The highest BCUT2D eigenvalue weighted by Crippen LogP contribution is 2.30. The molecule has 2 aliphatic rings. The summed E-state index contributed by atoms with van der Waals surface area (Å²) in [5.74, 6) is 0.739. The lowest BCUT2D eigenvalue weighted by Crippen LogP contribution is -2.47. The molecule has 30 heavy (non-hydrogen) atoms. The minimum Gasteiger partial charge on any atom is -0.474 e. The van der Waals surface area contributed by atoms with E-state index in [0.717, 1.165) is 68.8 Å². The minimum atomic E-state index is 0.301. The molecule has 3 heterocycles. The van der Waals surface area contributed by atoms with Gasteiger partial charge in [0.05, 0.1) is 17.2 Å². The molecule has 1 saturated carbocycles. The largest absolute Gasteiger partial charge is 0.474 e. The van der Waals surface area contributed by atoms with Crippen LogP contribution in [0.3, 0.4) is 0 Å². The summed E-state index contributed by atoms with van der Waals surface area (Å²) in [7, 11) is 2.06. The topological polar surface area (TPSA) is 59.3 Å². The van der Waals surface area contributed by atoms with Crippen LogP contribution in [0.2, 0.25) is 0 Å². The van der Waals surface area contributed by atoms with Crippen molar-refractivity contribution in [2.45, 2.75) is 38.2 Å². The fourth-order valence-electron chi connectivity index (χ4n) is 4.60. The summed E-state index contributed by atoms with van der Waals surface area (Å²) in [6.45, 7) is 5.30. The van der Waals surface area contributed by atoms with Gasteiger partial charge in [-0.25, -0.2) is 15.0 Å². The number of nitrogens with zero attached hydrogens (tertiary/aromatic N) is 6. The minimum absolute atomic E-state index is 0.301. The first-order valence-electron chi connectivity index (χ1n) is 11.1. The molecule has 7 heteroatoms. The normalized spacial score (nSPS) is 18.4. The van der Waals surface area contributed by atoms with Crippen molar-refractivity contribution in [3.05, 3.63) is 42.7 Å². The van der Waals surface area contributed by atoms with Crippen LogP contribution in [-0.4, -0.2) is 63.2 Å². The van der Waals surface area contributed by atoms with Crippen LogP contribution in [0.25, 0.3) is 10.9 Å². The maximum absolute atomic E-state index is 6.24. The second kappa shape index (κ2) is 8.60. The van der Waals surface area contributed by atoms with E-state index < -0.39 is 0 Å². The van der Waals surface area contributed by atoms with Gasteiger partial charge >= 0.3 is 0 Å². The number of rotatable bonds is 6. The molecule has 5 rings (SSSR count). The van der Waals surface area contributed by atoms with Gasteiger partial charge in [-0.2, -0.15) is 0 Å². The van der Waals surface area contributed by atoms with E-state index >= 15 is 0 Å². The number of piperazine rings is 1. The van der Waals surface area contributed by atoms with E-state index in [-0.39, 0.29) is 0 Å². The SMILES string of the molecule is Cn1cncc1CCN1CCN(c2ccc3ncnc(OC4CCCC4)c3c2)CC1. The Hall–Kier alpha value is -2.67. The quantitative estimate of drug-likeness (QED) is 0.627. The zero-order chi connectivity index (χ0) is 20.3. The number of fused-ring (bicyclic) bond motifs is 1. The summed E-state index contributed by atoms with van der Waals surface area (Å²) in [6.07, 6.45) is 11.6. The first-order chi connectivity index (χ1) is 14.8. The van der Waals surface area contributed by atoms with E-state index in [1.165, 1.54) is 24.2 Å². The average Bonchev–Trinajstić information content (AvgIpc) is 3.44. The highest BCUT2D eigenvalue weighted by atomic mass is 16.5. The van der Waals surface area contributed by atoms with Crippen molar-refractivity contribution in [2.24, 2.45) is 7.05 Å². The smallest absolute Gasteiger partial charge is 0.224 e. The number of hydrogen-bond acceptors (Lipinski definition) is 6. The van der Waals surface area contributed by atoms with Gasteiger partial charge in [0, 0.05) is 63.8 Å². The maximum Gasteiger partial charge on any atom is 0.224 e.